The first-order chi connectivity index (χ1) is 16.8. The second-order valence-electron chi connectivity index (χ2n) is 9.03. The van der Waals surface area contributed by atoms with Crippen molar-refractivity contribution in [3.8, 4) is 11.1 Å². The number of benzene rings is 2. The molecule has 0 saturated carbocycles. The summed E-state index contributed by atoms with van der Waals surface area (Å²) in [6.07, 6.45) is 1.66. The molecule has 4 aromatic rings. The highest BCUT2D eigenvalue weighted by molar-refractivity contribution is 5.92. The molecule has 0 spiro atoms. The highest BCUT2D eigenvalue weighted by Crippen LogP contribution is 2.33. The molecule has 1 atom stereocenters. The van der Waals surface area contributed by atoms with E-state index < -0.39 is 11.7 Å². The van der Waals surface area contributed by atoms with E-state index in [2.05, 4.69) is 31.9 Å². The van der Waals surface area contributed by atoms with Gasteiger partial charge in [-0.1, -0.05) is 18.2 Å². The monoisotopic (exact) mass is 480 g/mol. The molecule has 5 rings (SSSR count). The van der Waals surface area contributed by atoms with Crippen molar-refractivity contribution < 1.29 is 13.2 Å². The molecule has 182 valence electrons. The summed E-state index contributed by atoms with van der Waals surface area (Å²) in [4.78, 5) is 9.13. The van der Waals surface area contributed by atoms with Crippen LogP contribution >= 0.6 is 0 Å². The van der Waals surface area contributed by atoms with Gasteiger partial charge in [0, 0.05) is 23.2 Å². The molecule has 1 saturated heterocycles. The second-order valence-corrected chi connectivity index (χ2v) is 9.03. The molecule has 9 heteroatoms. The number of hydrogen-bond donors (Lipinski definition) is 2. The molecule has 0 aliphatic carbocycles. The fourth-order valence-corrected chi connectivity index (χ4v) is 4.56. The summed E-state index contributed by atoms with van der Waals surface area (Å²) in [5.41, 5.74) is 2.62. The molecule has 0 unspecified atom stereocenters. The first kappa shape index (κ1) is 23.3. The maximum absolute atomic E-state index is 13.2. The predicted molar refractivity (Wildman–Crippen MR) is 130 cm³/mol. The van der Waals surface area contributed by atoms with E-state index in [1.165, 1.54) is 12.1 Å². The zero-order valence-corrected chi connectivity index (χ0v) is 19.6. The third kappa shape index (κ3) is 5.00. The number of rotatable bonds is 5. The van der Waals surface area contributed by atoms with Crippen molar-refractivity contribution in [3.05, 3.63) is 71.8 Å². The Morgan fingerprint density at radius 2 is 1.86 bits per heavy atom. The van der Waals surface area contributed by atoms with E-state index in [9.17, 15) is 13.2 Å². The van der Waals surface area contributed by atoms with Crippen LogP contribution in [-0.4, -0.2) is 32.8 Å². The number of anilines is 1. The lowest BCUT2D eigenvalue weighted by Crippen LogP contribution is -2.29. The Kier molecular flexibility index (Phi) is 6.19. The Balaban J connectivity index is 1.46. The number of nitrogens with zero attached hydrogens (tertiary/aromatic N) is 4. The second kappa shape index (κ2) is 9.30. The quantitative estimate of drug-likeness (QED) is 0.371. The fraction of sp³-hybridized carbons (Fsp3) is 0.346. The van der Waals surface area contributed by atoms with Crippen LogP contribution < -0.4 is 10.6 Å². The molecule has 2 aromatic carbocycles. The SMILES string of the molecule is Cc1nc(N[C@H](C)c2cccc(C(F)(F)F)c2)c2cc(-c3cnn(C4CCNCC4)c3)ccc2n1. The van der Waals surface area contributed by atoms with Crippen LogP contribution in [0.5, 0.6) is 0 Å². The molecule has 35 heavy (non-hydrogen) atoms. The minimum Gasteiger partial charge on any atom is -0.363 e. The highest BCUT2D eigenvalue weighted by Gasteiger charge is 2.30. The number of fused-ring (bicyclic) bond motifs is 1. The van der Waals surface area contributed by atoms with Crippen LogP contribution in [-0.2, 0) is 6.18 Å². The van der Waals surface area contributed by atoms with Gasteiger partial charge < -0.3 is 10.6 Å². The highest BCUT2D eigenvalue weighted by atomic mass is 19.4. The molecule has 0 radical (unpaired) electrons. The van der Waals surface area contributed by atoms with Crippen molar-refractivity contribution in [2.24, 2.45) is 0 Å². The molecule has 0 bridgehead atoms. The standard InChI is InChI=1S/C26H27F3N6/c1-16(18-4-3-5-21(12-18)26(27,28)29)32-25-23-13-19(6-7-24(23)33-17(2)34-25)20-14-31-35(15-20)22-8-10-30-11-9-22/h3-7,12-16,22,30H,8-11H2,1-2H3,(H,32,33,34)/t16-/m1/s1. The lowest BCUT2D eigenvalue weighted by molar-refractivity contribution is -0.137. The maximum Gasteiger partial charge on any atom is 0.416 e. The molecule has 2 aromatic heterocycles. The summed E-state index contributed by atoms with van der Waals surface area (Å²) >= 11 is 0. The van der Waals surface area contributed by atoms with Gasteiger partial charge in [-0.05, 0) is 75.2 Å². The number of aryl methyl sites for hydroxylation is 1. The summed E-state index contributed by atoms with van der Waals surface area (Å²) in [7, 11) is 0. The normalized spacial score (nSPS) is 15.9. The van der Waals surface area contributed by atoms with Gasteiger partial charge >= 0.3 is 6.18 Å². The number of hydrogen-bond acceptors (Lipinski definition) is 5. The first-order valence-corrected chi connectivity index (χ1v) is 11.8. The van der Waals surface area contributed by atoms with E-state index in [4.69, 9.17) is 0 Å². The average molecular weight is 481 g/mol. The summed E-state index contributed by atoms with van der Waals surface area (Å²) < 4.78 is 41.6. The lowest BCUT2D eigenvalue weighted by atomic mass is 10.0. The van der Waals surface area contributed by atoms with Gasteiger partial charge in [-0.3, -0.25) is 4.68 Å². The number of aromatic nitrogens is 4. The van der Waals surface area contributed by atoms with Crippen LogP contribution in [0.3, 0.4) is 0 Å². The maximum atomic E-state index is 13.2. The van der Waals surface area contributed by atoms with Crippen LogP contribution in [0.15, 0.2) is 54.9 Å². The first-order valence-electron chi connectivity index (χ1n) is 11.8. The molecule has 1 aliphatic rings. The largest absolute Gasteiger partial charge is 0.416 e. The third-order valence-electron chi connectivity index (χ3n) is 6.49. The smallest absolute Gasteiger partial charge is 0.363 e. The summed E-state index contributed by atoms with van der Waals surface area (Å²) in [6, 6.07) is 11.3. The minimum absolute atomic E-state index is 0.388. The van der Waals surface area contributed by atoms with Crippen LogP contribution in [0.2, 0.25) is 0 Å². The van der Waals surface area contributed by atoms with E-state index in [-0.39, 0.29) is 6.04 Å². The molecule has 1 aliphatic heterocycles. The van der Waals surface area contributed by atoms with Gasteiger partial charge in [-0.2, -0.15) is 18.3 Å². The molecule has 3 heterocycles. The summed E-state index contributed by atoms with van der Waals surface area (Å²) in [5.74, 6) is 1.17. The van der Waals surface area contributed by atoms with E-state index in [1.807, 2.05) is 36.0 Å². The van der Waals surface area contributed by atoms with E-state index in [0.717, 1.165) is 54.0 Å². The number of piperidine rings is 1. The molecular weight excluding hydrogens is 453 g/mol. The number of nitrogens with one attached hydrogen (secondary N) is 2. The Bertz CT molecular complexity index is 1340. The van der Waals surface area contributed by atoms with Gasteiger partial charge in [0.15, 0.2) is 0 Å². The van der Waals surface area contributed by atoms with Crippen molar-refractivity contribution >= 4 is 16.7 Å². The zero-order valence-electron chi connectivity index (χ0n) is 19.6. The minimum atomic E-state index is -4.39. The van der Waals surface area contributed by atoms with Gasteiger partial charge in [-0.15, -0.1) is 0 Å². The Morgan fingerprint density at radius 1 is 1.06 bits per heavy atom. The van der Waals surface area contributed by atoms with Crippen molar-refractivity contribution in [3.63, 3.8) is 0 Å². The molecule has 1 fully saturated rings. The van der Waals surface area contributed by atoms with Gasteiger partial charge in [-0.25, -0.2) is 9.97 Å². The van der Waals surface area contributed by atoms with E-state index in [1.54, 1.807) is 13.0 Å². The lowest BCUT2D eigenvalue weighted by Gasteiger charge is -2.22. The average Bonchev–Trinajstić information content (AvgIpc) is 3.34. The Labute approximate surface area is 201 Å². The molecular formula is C26H27F3N6. The van der Waals surface area contributed by atoms with Crippen molar-refractivity contribution in [1.82, 2.24) is 25.1 Å². The van der Waals surface area contributed by atoms with E-state index in [0.29, 0.717) is 23.2 Å². The van der Waals surface area contributed by atoms with Crippen LogP contribution in [0, 0.1) is 6.92 Å². The van der Waals surface area contributed by atoms with Crippen LogP contribution in [0.4, 0.5) is 19.0 Å². The van der Waals surface area contributed by atoms with Crippen LogP contribution in [0.1, 0.15) is 48.8 Å². The molecule has 6 nitrogen and oxygen atoms in total. The fourth-order valence-electron chi connectivity index (χ4n) is 4.56. The van der Waals surface area contributed by atoms with Crippen molar-refractivity contribution in [2.75, 3.05) is 18.4 Å². The predicted octanol–water partition coefficient (Wildman–Crippen LogP) is 5.92. The number of halogens is 3. The topological polar surface area (TPSA) is 67.7 Å². The molecule has 0 amide bonds. The number of alkyl halides is 3. The van der Waals surface area contributed by atoms with Crippen LogP contribution in [0.25, 0.3) is 22.0 Å². The van der Waals surface area contributed by atoms with Gasteiger partial charge in [0.05, 0.1) is 23.3 Å². The van der Waals surface area contributed by atoms with Gasteiger partial charge in [0.25, 0.3) is 0 Å². The Hall–Kier alpha value is -3.46. The molecule has 2 N–H and O–H groups in total. The zero-order chi connectivity index (χ0) is 24.6. The third-order valence-corrected chi connectivity index (χ3v) is 6.49. The Morgan fingerprint density at radius 3 is 2.63 bits per heavy atom. The summed E-state index contributed by atoms with van der Waals surface area (Å²) in [6.45, 7) is 5.61. The van der Waals surface area contributed by atoms with Gasteiger partial charge in [0.1, 0.15) is 11.6 Å². The van der Waals surface area contributed by atoms with E-state index >= 15 is 0 Å². The van der Waals surface area contributed by atoms with Crippen molar-refractivity contribution in [2.45, 2.75) is 44.9 Å². The van der Waals surface area contributed by atoms with Crippen molar-refractivity contribution in [1.29, 1.82) is 0 Å². The van der Waals surface area contributed by atoms with Gasteiger partial charge in [0.2, 0.25) is 0 Å². The summed E-state index contributed by atoms with van der Waals surface area (Å²) in [5, 5.41) is 12.1.